The van der Waals surface area contributed by atoms with E-state index in [4.69, 9.17) is 5.73 Å². The van der Waals surface area contributed by atoms with Crippen LogP contribution in [0.2, 0.25) is 0 Å². The van der Waals surface area contributed by atoms with Crippen molar-refractivity contribution in [1.29, 1.82) is 0 Å². The van der Waals surface area contributed by atoms with Crippen molar-refractivity contribution >= 4 is 9.84 Å². The molecule has 1 aromatic carbocycles. The molecule has 0 saturated carbocycles. The lowest BCUT2D eigenvalue weighted by molar-refractivity contribution is 0.181. The quantitative estimate of drug-likeness (QED) is 0.782. The fourth-order valence-corrected chi connectivity index (χ4v) is 1.77. The Bertz CT molecular complexity index is 458. The summed E-state index contributed by atoms with van der Waals surface area (Å²) in [7, 11) is -3.43. The van der Waals surface area contributed by atoms with Crippen LogP contribution in [0.25, 0.3) is 0 Å². The number of aliphatic hydroxyl groups is 1. The van der Waals surface area contributed by atoms with E-state index in [0.29, 0.717) is 0 Å². The molecule has 1 rings (SSSR count). The van der Waals surface area contributed by atoms with Gasteiger partial charge in [0.15, 0.2) is 9.84 Å². The van der Waals surface area contributed by atoms with Crippen molar-refractivity contribution in [2.24, 2.45) is 5.73 Å². The van der Waals surface area contributed by atoms with E-state index in [9.17, 15) is 17.9 Å². The Kier molecular flexibility index (Phi) is 3.43. The highest BCUT2D eigenvalue weighted by Crippen LogP contribution is 2.19. The Hall–Kier alpha value is -0.980. The number of nitrogens with two attached hydrogens (primary N) is 1. The molecule has 0 spiro atoms. The first-order valence-electron chi connectivity index (χ1n) is 4.24. The second-order valence-corrected chi connectivity index (χ2v) is 5.22. The SMILES string of the molecule is CS(=O)(=O)c1ccc(C(O)CN)c(F)c1. The first-order chi connectivity index (χ1) is 6.86. The molecule has 15 heavy (non-hydrogen) atoms. The maximum absolute atomic E-state index is 13.3. The third-order valence-electron chi connectivity index (χ3n) is 1.98. The molecule has 1 atom stereocenters. The van der Waals surface area contributed by atoms with Gasteiger partial charge >= 0.3 is 0 Å². The molecule has 0 amide bonds. The minimum absolute atomic E-state index is 0.00454. The number of sulfone groups is 1. The van der Waals surface area contributed by atoms with Gasteiger partial charge in [0, 0.05) is 18.4 Å². The molecular weight excluding hydrogens is 221 g/mol. The number of aliphatic hydroxyl groups excluding tert-OH is 1. The van der Waals surface area contributed by atoms with Crippen molar-refractivity contribution in [3.8, 4) is 0 Å². The molecule has 0 heterocycles. The van der Waals surface area contributed by atoms with Crippen molar-refractivity contribution in [3.63, 3.8) is 0 Å². The van der Waals surface area contributed by atoms with Crippen molar-refractivity contribution in [1.82, 2.24) is 0 Å². The van der Waals surface area contributed by atoms with Crippen LogP contribution in [0.5, 0.6) is 0 Å². The van der Waals surface area contributed by atoms with E-state index in [1.165, 1.54) is 12.1 Å². The number of benzene rings is 1. The Morgan fingerprint density at radius 1 is 1.53 bits per heavy atom. The van der Waals surface area contributed by atoms with E-state index in [2.05, 4.69) is 0 Å². The first kappa shape index (κ1) is 12.1. The Morgan fingerprint density at radius 2 is 2.13 bits per heavy atom. The van der Waals surface area contributed by atoms with E-state index in [0.717, 1.165) is 12.3 Å². The summed E-state index contributed by atoms with van der Waals surface area (Å²) in [5.41, 5.74) is 5.17. The average molecular weight is 233 g/mol. The molecule has 0 aliphatic heterocycles. The summed E-state index contributed by atoms with van der Waals surface area (Å²) in [4.78, 5) is -0.118. The topological polar surface area (TPSA) is 80.4 Å². The van der Waals surface area contributed by atoms with Crippen LogP contribution in [-0.2, 0) is 9.84 Å². The third-order valence-corrected chi connectivity index (χ3v) is 3.09. The van der Waals surface area contributed by atoms with Crippen molar-refractivity contribution in [2.45, 2.75) is 11.0 Å². The molecule has 0 bridgehead atoms. The summed E-state index contributed by atoms with van der Waals surface area (Å²) >= 11 is 0. The van der Waals surface area contributed by atoms with Gasteiger partial charge in [-0.2, -0.15) is 0 Å². The van der Waals surface area contributed by atoms with Gasteiger partial charge in [-0.15, -0.1) is 0 Å². The van der Waals surface area contributed by atoms with Gasteiger partial charge in [-0.05, 0) is 12.1 Å². The minimum atomic E-state index is -3.43. The largest absolute Gasteiger partial charge is 0.387 e. The molecule has 4 nitrogen and oxygen atoms in total. The maximum Gasteiger partial charge on any atom is 0.175 e. The molecule has 3 N–H and O–H groups in total. The Balaban J connectivity index is 3.20. The molecular formula is C9H12FNO3S. The van der Waals surface area contributed by atoms with Gasteiger partial charge in [0.1, 0.15) is 5.82 Å². The van der Waals surface area contributed by atoms with Gasteiger partial charge in [-0.1, -0.05) is 6.07 Å². The lowest BCUT2D eigenvalue weighted by Crippen LogP contribution is -2.13. The highest BCUT2D eigenvalue weighted by molar-refractivity contribution is 7.90. The van der Waals surface area contributed by atoms with Crippen LogP contribution in [0.4, 0.5) is 4.39 Å². The molecule has 84 valence electrons. The van der Waals surface area contributed by atoms with Gasteiger partial charge in [-0.3, -0.25) is 0 Å². The fourth-order valence-electron chi connectivity index (χ4n) is 1.14. The Morgan fingerprint density at radius 3 is 2.53 bits per heavy atom. The molecule has 0 fully saturated rings. The summed E-state index contributed by atoms with van der Waals surface area (Å²) in [5, 5.41) is 9.29. The van der Waals surface area contributed by atoms with Gasteiger partial charge in [0.2, 0.25) is 0 Å². The highest BCUT2D eigenvalue weighted by atomic mass is 32.2. The van der Waals surface area contributed by atoms with Crippen LogP contribution in [0, 0.1) is 5.82 Å². The zero-order chi connectivity index (χ0) is 11.6. The number of halogens is 1. The van der Waals surface area contributed by atoms with E-state index in [1.54, 1.807) is 0 Å². The van der Waals surface area contributed by atoms with Crippen LogP contribution in [0.15, 0.2) is 23.1 Å². The summed E-state index contributed by atoms with van der Waals surface area (Å²) in [6.45, 7) is -0.116. The molecule has 0 saturated heterocycles. The molecule has 0 aliphatic carbocycles. The van der Waals surface area contributed by atoms with Crippen molar-refractivity contribution < 1.29 is 17.9 Å². The maximum atomic E-state index is 13.3. The van der Waals surface area contributed by atoms with Crippen molar-refractivity contribution in [2.75, 3.05) is 12.8 Å². The second kappa shape index (κ2) is 4.26. The minimum Gasteiger partial charge on any atom is -0.387 e. The highest BCUT2D eigenvalue weighted by Gasteiger charge is 2.14. The summed E-state index contributed by atoms with van der Waals surface area (Å²) < 4.78 is 35.5. The zero-order valence-electron chi connectivity index (χ0n) is 8.14. The second-order valence-electron chi connectivity index (χ2n) is 3.21. The Labute approximate surface area is 87.5 Å². The summed E-state index contributed by atoms with van der Waals surface area (Å²) in [6.07, 6.45) is -0.125. The predicted molar refractivity (Wildman–Crippen MR) is 53.5 cm³/mol. The molecule has 0 aliphatic rings. The van der Waals surface area contributed by atoms with Gasteiger partial charge < -0.3 is 10.8 Å². The number of hydrogen-bond acceptors (Lipinski definition) is 4. The van der Waals surface area contributed by atoms with Crippen molar-refractivity contribution in [3.05, 3.63) is 29.6 Å². The van der Waals surface area contributed by atoms with E-state index < -0.39 is 21.8 Å². The van der Waals surface area contributed by atoms with Crippen LogP contribution in [0.1, 0.15) is 11.7 Å². The molecule has 0 radical (unpaired) electrons. The number of hydrogen-bond donors (Lipinski definition) is 2. The van der Waals surface area contributed by atoms with Gasteiger partial charge in [0.25, 0.3) is 0 Å². The number of rotatable bonds is 3. The first-order valence-corrected chi connectivity index (χ1v) is 6.13. The zero-order valence-corrected chi connectivity index (χ0v) is 8.96. The molecule has 1 aromatic rings. The van der Waals surface area contributed by atoms with Crippen LogP contribution in [-0.4, -0.2) is 26.3 Å². The average Bonchev–Trinajstić information content (AvgIpc) is 2.15. The summed E-state index contributed by atoms with van der Waals surface area (Å²) in [5.74, 6) is -0.768. The van der Waals surface area contributed by atoms with Gasteiger partial charge in [-0.25, -0.2) is 12.8 Å². The van der Waals surface area contributed by atoms with Crippen LogP contribution in [0.3, 0.4) is 0 Å². The molecule has 1 unspecified atom stereocenters. The molecule has 6 heteroatoms. The monoisotopic (exact) mass is 233 g/mol. The van der Waals surface area contributed by atoms with Crippen LogP contribution >= 0.6 is 0 Å². The van der Waals surface area contributed by atoms with Crippen LogP contribution < -0.4 is 5.73 Å². The van der Waals surface area contributed by atoms with E-state index in [-0.39, 0.29) is 17.0 Å². The van der Waals surface area contributed by atoms with Gasteiger partial charge in [0.05, 0.1) is 11.0 Å². The van der Waals surface area contributed by atoms with E-state index in [1.807, 2.05) is 0 Å². The molecule has 0 aromatic heterocycles. The lowest BCUT2D eigenvalue weighted by atomic mass is 10.1. The normalized spacial score (nSPS) is 13.9. The third kappa shape index (κ3) is 2.74. The van der Waals surface area contributed by atoms with E-state index >= 15 is 0 Å². The lowest BCUT2D eigenvalue weighted by Gasteiger charge is -2.09. The summed E-state index contributed by atoms with van der Waals surface area (Å²) in [6, 6.07) is 3.35. The smallest absolute Gasteiger partial charge is 0.175 e. The fraction of sp³-hybridized carbons (Fsp3) is 0.333. The standard InChI is InChI=1S/C9H12FNO3S/c1-15(13,14)6-2-3-7(8(10)4-6)9(12)5-11/h2-4,9,12H,5,11H2,1H3. The predicted octanol–water partition coefficient (Wildman–Crippen LogP) is 0.221.